The van der Waals surface area contributed by atoms with E-state index < -0.39 is 36.3 Å². The Morgan fingerprint density at radius 2 is 2.21 bits per heavy atom. The standard InChI is InChI=1S/C16H16ClN5O6/c1-3-7-4-9(28-8(7)5-27-11(14(23)24)15(25)26)22-6-19-10-12(18-2)20-16(17)21-13(10)22/h1,6-9,11H,4-5H2,2H3,(H,23,24)(H,25,26)(H,18,20,21). The number of aromatic nitrogens is 4. The van der Waals surface area contributed by atoms with Crippen LogP contribution in [0.5, 0.6) is 0 Å². The van der Waals surface area contributed by atoms with Crippen molar-refractivity contribution in [2.75, 3.05) is 19.0 Å². The van der Waals surface area contributed by atoms with E-state index in [0.717, 1.165) is 0 Å². The molecule has 3 unspecified atom stereocenters. The third kappa shape index (κ3) is 3.70. The lowest BCUT2D eigenvalue weighted by atomic mass is 10.0. The fraction of sp³-hybridized carbons (Fsp3) is 0.438. The van der Waals surface area contributed by atoms with Crippen molar-refractivity contribution < 1.29 is 29.3 Å². The molecule has 1 saturated heterocycles. The number of fused-ring (bicyclic) bond motifs is 1. The third-order valence-corrected chi connectivity index (χ3v) is 4.44. The number of aliphatic carboxylic acids is 2. The molecular formula is C16H16ClN5O6. The molecule has 2 aromatic rings. The van der Waals surface area contributed by atoms with Crippen molar-refractivity contribution in [1.29, 1.82) is 0 Å². The molecule has 0 amide bonds. The lowest BCUT2D eigenvalue weighted by molar-refractivity contribution is -0.169. The summed E-state index contributed by atoms with van der Waals surface area (Å²) >= 11 is 5.96. The number of carboxylic acid groups (broad SMARTS) is 2. The predicted molar refractivity (Wildman–Crippen MR) is 95.7 cm³/mol. The number of ether oxygens (including phenoxy) is 2. The number of hydrogen-bond acceptors (Lipinski definition) is 8. The second-order valence-corrected chi connectivity index (χ2v) is 6.28. The first-order valence-electron chi connectivity index (χ1n) is 8.12. The van der Waals surface area contributed by atoms with Gasteiger partial charge < -0.3 is 25.0 Å². The van der Waals surface area contributed by atoms with E-state index >= 15 is 0 Å². The van der Waals surface area contributed by atoms with Gasteiger partial charge in [0.25, 0.3) is 6.10 Å². The Labute approximate surface area is 163 Å². The summed E-state index contributed by atoms with van der Waals surface area (Å²) in [5.74, 6) is -0.620. The smallest absolute Gasteiger partial charge is 0.344 e. The highest BCUT2D eigenvalue weighted by molar-refractivity contribution is 6.28. The molecule has 0 spiro atoms. The number of anilines is 1. The molecule has 28 heavy (non-hydrogen) atoms. The first-order valence-corrected chi connectivity index (χ1v) is 8.50. The SMILES string of the molecule is C#CC1CC(n2cnc3c(NC)nc(Cl)nc32)OC1COC(C(=O)O)C(=O)O. The summed E-state index contributed by atoms with van der Waals surface area (Å²) in [6.07, 6.45) is 4.16. The van der Waals surface area contributed by atoms with Crippen molar-refractivity contribution in [2.24, 2.45) is 5.92 Å². The number of nitrogens with zero attached hydrogens (tertiary/aromatic N) is 4. The van der Waals surface area contributed by atoms with Crippen LogP contribution in [-0.2, 0) is 19.1 Å². The van der Waals surface area contributed by atoms with Gasteiger partial charge in [0.1, 0.15) is 6.23 Å². The third-order valence-electron chi connectivity index (χ3n) is 4.27. The maximum atomic E-state index is 11.0. The molecule has 0 bridgehead atoms. The maximum Gasteiger partial charge on any atom is 0.344 e. The van der Waals surface area contributed by atoms with Gasteiger partial charge >= 0.3 is 11.9 Å². The van der Waals surface area contributed by atoms with Crippen LogP contribution in [0.4, 0.5) is 5.82 Å². The van der Waals surface area contributed by atoms with E-state index in [1.165, 1.54) is 6.33 Å². The Morgan fingerprint density at radius 3 is 2.82 bits per heavy atom. The number of imidazole rings is 1. The normalized spacial score (nSPS) is 21.7. The van der Waals surface area contributed by atoms with Gasteiger partial charge in [0.05, 0.1) is 25.0 Å². The zero-order chi connectivity index (χ0) is 20.4. The summed E-state index contributed by atoms with van der Waals surface area (Å²) in [4.78, 5) is 34.4. The second-order valence-electron chi connectivity index (χ2n) is 5.94. The number of carbonyl (C=O) groups is 2. The summed E-state index contributed by atoms with van der Waals surface area (Å²) < 4.78 is 12.5. The first kappa shape index (κ1) is 19.8. The van der Waals surface area contributed by atoms with E-state index in [4.69, 9.17) is 37.7 Å². The highest BCUT2D eigenvalue weighted by Gasteiger charge is 2.38. The molecule has 3 heterocycles. The fourth-order valence-corrected chi connectivity index (χ4v) is 3.11. The van der Waals surface area contributed by atoms with Gasteiger partial charge in [-0.15, -0.1) is 12.3 Å². The number of carboxylic acids is 2. The summed E-state index contributed by atoms with van der Waals surface area (Å²) in [6.45, 7) is -0.293. The van der Waals surface area contributed by atoms with Gasteiger partial charge in [-0.2, -0.15) is 9.97 Å². The quantitative estimate of drug-likeness (QED) is 0.337. The molecule has 0 radical (unpaired) electrons. The van der Waals surface area contributed by atoms with Crippen molar-refractivity contribution >= 4 is 40.5 Å². The van der Waals surface area contributed by atoms with Crippen LogP contribution in [0.15, 0.2) is 6.33 Å². The lowest BCUT2D eigenvalue weighted by Crippen LogP contribution is -2.36. The average molecular weight is 410 g/mol. The molecule has 1 aliphatic rings. The van der Waals surface area contributed by atoms with Crippen LogP contribution in [0.3, 0.4) is 0 Å². The van der Waals surface area contributed by atoms with E-state index in [2.05, 4.69) is 26.2 Å². The minimum absolute atomic E-state index is 0.0238. The van der Waals surface area contributed by atoms with Crippen LogP contribution in [0, 0.1) is 18.3 Å². The molecule has 148 valence electrons. The number of rotatable bonds is 7. The summed E-state index contributed by atoms with van der Waals surface area (Å²) in [5.41, 5.74) is 0.921. The maximum absolute atomic E-state index is 11.0. The summed E-state index contributed by atoms with van der Waals surface area (Å²) in [6, 6.07) is 0. The zero-order valence-corrected chi connectivity index (χ0v) is 15.3. The lowest BCUT2D eigenvalue weighted by Gasteiger charge is -2.17. The van der Waals surface area contributed by atoms with E-state index in [1.54, 1.807) is 11.6 Å². The van der Waals surface area contributed by atoms with Crippen molar-refractivity contribution in [3.63, 3.8) is 0 Å². The number of terminal acetylenes is 1. The molecule has 2 aromatic heterocycles. The van der Waals surface area contributed by atoms with Gasteiger partial charge in [-0.05, 0) is 11.6 Å². The minimum Gasteiger partial charge on any atom is -0.479 e. The van der Waals surface area contributed by atoms with Crippen LogP contribution < -0.4 is 5.32 Å². The highest BCUT2D eigenvalue weighted by atomic mass is 35.5. The number of halogens is 1. The van der Waals surface area contributed by atoms with E-state index in [-0.39, 0.29) is 11.9 Å². The van der Waals surface area contributed by atoms with Gasteiger partial charge in [0, 0.05) is 13.5 Å². The molecule has 0 saturated carbocycles. The zero-order valence-electron chi connectivity index (χ0n) is 14.6. The Hall–Kier alpha value is -2.94. The van der Waals surface area contributed by atoms with Gasteiger partial charge in [-0.25, -0.2) is 14.6 Å². The van der Waals surface area contributed by atoms with Gasteiger partial charge in [-0.3, -0.25) is 4.57 Å². The van der Waals surface area contributed by atoms with E-state index in [9.17, 15) is 9.59 Å². The monoisotopic (exact) mass is 409 g/mol. The Kier molecular flexibility index (Phi) is 5.64. The number of hydrogen-bond donors (Lipinski definition) is 3. The van der Waals surface area contributed by atoms with E-state index in [0.29, 0.717) is 23.4 Å². The van der Waals surface area contributed by atoms with Crippen LogP contribution in [0.2, 0.25) is 5.28 Å². The molecular weight excluding hydrogens is 394 g/mol. The highest BCUT2D eigenvalue weighted by Crippen LogP contribution is 2.35. The van der Waals surface area contributed by atoms with Crippen LogP contribution >= 0.6 is 11.6 Å². The largest absolute Gasteiger partial charge is 0.479 e. The molecule has 3 N–H and O–H groups in total. The van der Waals surface area contributed by atoms with E-state index in [1.807, 2.05) is 0 Å². The molecule has 1 fully saturated rings. The van der Waals surface area contributed by atoms with Crippen LogP contribution in [-0.4, -0.2) is 67.5 Å². The molecule has 0 aromatic carbocycles. The van der Waals surface area contributed by atoms with Crippen molar-refractivity contribution in [3.8, 4) is 12.3 Å². The first-order chi connectivity index (χ1) is 13.3. The Bertz CT molecular complexity index is 943. The minimum atomic E-state index is -2.00. The molecule has 12 heteroatoms. The van der Waals surface area contributed by atoms with Gasteiger partial charge in [0.15, 0.2) is 17.0 Å². The Balaban J connectivity index is 1.81. The average Bonchev–Trinajstić information content (AvgIpc) is 3.24. The molecule has 3 atom stereocenters. The van der Waals surface area contributed by atoms with Gasteiger partial charge in [0.2, 0.25) is 5.28 Å². The topological polar surface area (TPSA) is 149 Å². The van der Waals surface area contributed by atoms with Gasteiger partial charge in [-0.1, -0.05) is 0 Å². The molecule has 0 aliphatic carbocycles. The van der Waals surface area contributed by atoms with Crippen molar-refractivity contribution in [1.82, 2.24) is 19.5 Å². The number of nitrogens with one attached hydrogen (secondary N) is 1. The van der Waals surface area contributed by atoms with Crippen molar-refractivity contribution in [3.05, 3.63) is 11.6 Å². The second kappa shape index (κ2) is 7.97. The summed E-state index contributed by atoms with van der Waals surface area (Å²) in [5, 5.41) is 20.7. The molecule has 1 aliphatic heterocycles. The Morgan fingerprint density at radius 1 is 1.50 bits per heavy atom. The van der Waals surface area contributed by atoms with Crippen LogP contribution in [0.25, 0.3) is 11.2 Å². The summed E-state index contributed by atoms with van der Waals surface area (Å²) in [7, 11) is 1.67. The molecule has 11 nitrogen and oxygen atoms in total. The fourth-order valence-electron chi connectivity index (χ4n) is 2.95. The predicted octanol–water partition coefficient (Wildman–Crippen LogP) is 0.613. The van der Waals surface area contributed by atoms with Crippen molar-refractivity contribution in [2.45, 2.75) is 24.9 Å². The molecule has 3 rings (SSSR count). The van der Waals surface area contributed by atoms with Crippen LogP contribution in [0.1, 0.15) is 12.6 Å².